The molecule has 0 saturated carbocycles. The molecule has 0 atom stereocenters. The molecule has 1 amide bonds. The molecule has 0 aliphatic carbocycles. The molecule has 0 unspecified atom stereocenters. The van der Waals surface area contributed by atoms with E-state index >= 15 is 0 Å². The summed E-state index contributed by atoms with van der Waals surface area (Å²) in [6.45, 7) is 4.42. The molecule has 116 valence electrons. The van der Waals surface area contributed by atoms with E-state index in [1.807, 2.05) is 44.2 Å². The van der Waals surface area contributed by atoms with Crippen LogP contribution < -0.4 is 14.8 Å². The maximum Gasteiger partial charge on any atom is 0.251 e. The van der Waals surface area contributed by atoms with Crippen molar-refractivity contribution >= 4 is 5.91 Å². The number of ether oxygens (including phenoxy) is 2. The number of carbonyl (C=O) groups is 1. The van der Waals surface area contributed by atoms with Crippen LogP contribution in [0.2, 0.25) is 0 Å². The van der Waals surface area contributed by atoms with Gasteiger partial charge in [-0.2, -0.15) is 0 Å². The van der Waals surface area contributed by atoms with Gasteiger partial charge >= 0.3 is 0 Å². The van der Waals surface area contributed by atoms with E-state index in [0.29, 0.717) is 17.9 Å². The Kier molecular flexibility index (Phi) is 5.42. The van der Waals surface area contributed by atoms with E-state index < -0.39 is 0 Å². The van der Waals surface area contributed by atoms with Gasteiger partial charge in [0.1, 0.15) is 11.5 Å². The van der Waals surface area contributed by atoms with Crippen LogP contribution >= 0.6 is 0 Å². The first-order valence-corrected chi connectivity index (χ1v) is 7.26. The van der Waals surface area contributed by atoms with Crippen LogP contribution in [0, 0.1) is 0 Å². The standard InChI is InChI=1S/C18H21NO3/c1-13(2)22-17-9-4-6-14(10-17)12-19-18(20)15-7-5-8-16(11-15)21-3/h4-11,13H,12H2,1-3H3,(H,19,20). The highest BCUT2D eigenvalue weighted by Gasteiger charge is 2.07. The predicted molar refractivity (Wildman–Crippen MR) is 86.4 cm³/mol. The van der Waals surface area contributed by atoms with Crippen molar-refractivity contribution in [2.75, 3.05) is 7.11 Å². The van der Waals surface area contributed by atoms with Crippen molar-refractivity contribution < 1.29 is 14.3 Å². The zero-order chi connectivity index (χ0) is 15.9. The Morgan fingerprint density at radius 3 is 2.55 bits per heavy atom. The second-order valence-electron chi connectivity index (χ2n) is 5.23. The zero-order valence-electron chi connectivity index (χ0n) is 13.1. The maximum atomic E-state index is 12.2. The van der Waals surface area contributed by atoms with Gasteiger partial charge in [0.05, 0.1) is 13.2 Å². The summed E-state index contributed by atoms with van der Waals surface area (Å²) in [6, 6.07) is 14.8. The summed E-state index contributed by atoms with van der Waals surface area (Å²) in [7, 11) is 1.58. The van der Waals surface area contributed by atoms with E-state index in [0.717, 1.165) is 11.3 Å². The molecule has 0 spiro atoms. The van der Waals surface area contributed by atoms with Gasteiger partial charge in [-0.1, -0.05) is 18.2 Å². The molecule has 0 aliphatic heterocycles. The highest BCUT2D eigenvalue weighted by atomic mass is 16.5. The van der Waals surface area contributed by atoms with Gasteiger partial charge in [-0.25, -0.2) is 0 Å². The van der Waals surface area contributed by atoms with Gasteiger partial charge in [0.25, 0.3) is 5.91 Å². The first-order chi connectivity index (χ1) is 10.6. The van der Waals surface area contributed by atoms with Crippen molar-refractivity contribution in [3.05, 3.63) is 59.7 Å². The van der Waals surface area contributed by atoms with Crippen LogP contribution in [0.4, 0.5) is 0 Å². The van der Waals surface area contributed by atoms with E-state index in [1.165, 1.54) is 0 Å². The Morgan fingerprint density at radius 2 is 1.82 bits per heavy atom. The van der Waals surface area contributed by atoms with Crippen molar-refractivity contribution in [2.24, 2.45) is 0 Å². The first-order valence-electron chi connectivity index (χ1n) is 7.26. The smallest absolute Gasteiger partial charge is 0.251 e. The van der Waals surface area contributed by atoms with Gasteiger partial charge in [-0.3, -0.25) is 4.79 Å². The van der Waals surface area contributed by atoms with Gasteiger partial charge in [-0.05, 0) is 49.7 Å². The molecule has 0 radical (unpaired) electrons. The Hall–Kier alpha value is -2.49. The van der Waals surface area contributed by atoms with E-state index in [-0.39, 0.29) is 12.0 Å². The Morgan fingerprint density at radius 1 is 1.09 bits per heavy atom. The van der Waals surface area contributed by atoms with Crippen LogP contribution in [0.3, 0.4) is 0 Å². The Labute approximate surface area is 131 Å². The van der Waals surface area contributed by atoms with E-state index in [4.69, 9.17) is 9.47 Å². The molecule has 0 aromatic heterocycles. The fourth-order valence-electron chi connectivity index (χ4n) is 2.05. The van der Waals surface area contributed by atoms with Gasteiger partial charge in [0.2, 0.25) is 0 Å². The number of hydrogen-bond acceptors (Lipinski definition) is 3. The second-order valence-corrected chi connectivity index (χ2v) is 5.23. The molecule has 1 N–H and O–H groups in total. The molecule has 2 aromatic rings. The van der Waals surface area contributed by atoms with Crippen molar-refractivity contribution in [1.82, 2.24) is 5.32 Å². The highest BCUT2D eigenvalue weighted by Crippen LogP contribution is 2.15. The lowest BCUT2D eigenvalue weighted by molar-refractivity contribution is 0.0950. The molecule has 2 rings (SSSR count). The molecule has 0 heterocycles. The first kappa shape index (κ1) is 15.9. The van der Waals surface area contributed by atoms with Crippen molar-refractivity contribution in [3.8, 4) is 11.5 Å². The van der Waals surface area contributed by atoms with E-state index in [9.17, 15) is 4.79 Å². The molecule has 22 heavy (non-hydrogen) atoms. The average molecular weight is 299 g/mol. The summed E-state index contributed by atoms with van der Waals surface area (Å²) in [4.78, 5) is 12.2. The van der Waals surface area contributed by atoms with Crippen LogP contribution in [-0.2, 0) is 6.54 Å². The third-order valence-electron chi connectivity index (χ3n) is 3.06. The number of methoxy groups -OCH3 is 1. The van der Waals surface area contributed by atoms with Crippen LogP contribution in [0.15, 0.2) is 48.5 Å². The number of rotatable bonds is 6. The van der Waals surface area contributed by atoms with Crippen LogP contribution in [0.5, 0.6) is 11.5 Å². The molecule has 4 nitrogen and oxygen atoms in total. The van der Waals surface area contributed by atoms with Crippen LogP contribution in [0.25, 0.3) is 0 Å². The van der Waals surface area contributed by atoms with Gasteiger partial charge in [0, 0.05) is 12.1 Å². The summed E-state index contributed by atoms with van der Waals surface area (Å²) in [5, 5.41) is 2.90. The number of hydrogen-bond donors (Lipinski definition) is 1. The summed E-state index contributed by atoms with van der Waals surface area (Å²) in [6.07, 6.45) is 0.127. The fourth-order valence-corrected chi connectivity index (χ4v) is 2.05. The lowest BCUT2D eigenvalue weighted by Crippen LogP contribution is -2.22. The van der Waals surface area contributed by atoms with Crippen molar-refractivity contribution in [3.63, 3.8) is 0 Å². The fraction of sp³-hybridized carbons (Fsp3) is 0.278. The molecule has 2 aromatic carbocycles. The number of carbonyl (C=O) groups excluding carboxylic acids is 1. The van der Waals surface area contributed by atoms with Crippen LogP contribution in [0.1, 0.15) is 29.8 Å². The monoisotopic (exact) mass is 299 g/mol. The minimum absolute atomic E-state index is 0.127. The van der Waals surface area contributed by atoms with E-state index in [1.54, 1.807) is 25.3 Å². The van der Waals surface area contributed by atoms with Gasteiger partial charge < -0.3 is 14.8 Å². The molecule has 4 heteroatoms. The SMILES string of the molecule is COc1cccc(C(=O)NCc2cccc(OC(C)C)c2)c1. The zero-order valence-corrected chi connectivity index (χ0v) is 13.1. The molecule has 0 saturated heterocycles. The van der Waals surface area contributed by atoms with Crippen molar-refractivity contribution in [1.29, 1.82) is 0 Å². The summed E-state index contributed by atoms with van der Waals surface area (Å²) < 4.78 is 10.8. The molecular formula is C18H21NO3. The summed E-state index contributed by atoms with van der Waals surface area (Å²) in [5.41, 5.74) is 1.57. The molecular weight excluding hydrogens is 278 g/mol. The Balaban J connectivity index is 1.98. The lowest BCUT2D eigenvalue weighted by atomic mass is 10.1. The quantitative estimate of drug-likeness (QED) is 0.889. The third-order valence-corrected chi connectivity index (χ3v) is 3.06. The predicted octanol–water partition coefficient (Wildman–Crippen LogP) is 3.41. The largest absolute Gasteiger partial charge is 0.497 e. The van der Waals surface area contributed by atoms with Gasteiger partial charge in [0.15, 0.2) is 0 Å². The number of amides is 1. The topological polar surface area (TPSA) is 47.6 Å². The van der Waals surface area contributed by atoms with E-state index in [2.05, 4.69) is 5.32 Å². The molecule has 0 fully saturated rings. The minimum Gasteiger partial charge on any atom is -0.497 e. The summed E-state index contributed by atoms with van der Waals surface area (Å²) in [5.74, 6) is 1.34. The number of nitrogens with one attached hydrogen (secondary N) is 1. The summed E-state index contributed by atoms with van der Waals surface area (Å²) >= 11 is 0. The molecule has 0 aliphatic rings. The average Bonchev–Trinajstić information content (AvgIpc) is 2.52. The second kappa shape index (κ2) is 7.50. The van der Waals surface area contributed by atoms with Crippen LogP contribution in [-0.4, -0.2) is 19.1 Å². The highest BCUT2D eigenvalue weighted by molar-refractivity contribution is 5.94. The number of benzene rings is 2. The third kappa shape index (κ3) is 4.52. The van der Waals surface area contributed by atoms with Crippen molar-refractivity contribution in [2.45, 2.75) is 26.5 Å². The molecule has 0 bridgehead atoms. The minimum atomic E-state index is -0.130. The maximum absolute atomic E-state index is 12.2. The lowest BCUT2D eigenvalue weighted by Gasteiger charge is -2.11. The van der Waals surface area contributed by atoms with Gasteiger partial charge in [-0.15, -0.1) is 0 Å². The Bertz CT molecular complexity index is 638. The normalized spacial score (nSPS) is 10.4.